The van der Waals surface area contributed by atoms with Crippen LogP contribution in [-0.4, -0.2) is 66.2 Å². The number of rotatable bonds is 7. The van der Waals surface area contributed by atoms with Gasteiger partial charge in [0.25, 0.3) is 0 Å². The Kier molecular flexibility index (Phi) is 7.23. The molecule has 1 aromatic heterocycles. The smallest absolute Gasteiger partial charge is 0.237 e. The minimum absolute atomic E-state index is 0.200. The van der Waals surface area contributed by atoms with Gasteiger partial charge < -0.3 is 25.2 Å². The average Bonchev–Trinajstić information content (AvgIpc) is 3.11. The Bertz CT molecular complexity index is 793. The summed E-state index contributed by atoms with van der Waals surface area (Å²) >= 11 is 1.10. The van der Waals surface area contributed by atoms with E-state index in [2.05, 4.69) is 55.2 Å². The molecule has 5 N–H and O–H groups in total. The van der Waals surface area contributed by atoms with Crippen molar-refractivity contribution in [1.82, 2.24) is 10.2 Å². The molecule has 0 saturated carbocycles. The Hall–Kier alpha value is -1.58. The van der Waals surface area contributed by atoms with Gasteiger partial charge in [-0.3, -0.25) is 5.10 Å². The van der Waals surface area contributed by atoms with Crippen molar-refractivity contribution in [3.05, 3.63) is 46.6 Å². The first kappa shape index (κ1) is 22.1. The molecule has 0 aliphatic carbocycles. The summed E-state index contributed by atoms with van der Waals surface area (Å²) in [7, 11) is 0. The van der Waals surface area contributed by atoms with Gasteiger partial charge in [-0.25, -0.2) is 0 Å². The third kappa shape index (κ3) is 4.78. The maximum atomic E-state index is 10.4. The SMILES string of the molecule is CCc1ccc(Cc2c(O[C@@H]3S[C@H](CO)[C@@H](O)[C@H](O)[C@H]3O)n[nH]c2C(C)C)cc1. The van der Waals surface area contributed by atoms with Gasteiger partial charge in [-0.2, -0.15) is 0 Å². The lowest BCUT2D eigenvalue weighted by Crippen LogP contribution is -2.55. The third-order valence-electron chi connectivity index (χ3n) is 5.33. The molecule has 3 rings (SSSR count). The molecule has 0 bridgehead atoms. The molecule has 1 saturated heterocycles. The van der Waals surface area contributed by atoms with E-state index in [1.807, 2.05) is 0 Å². The molecule has 1 aliphatic heterocycles. The second-order valence-electron chi connectivity index (χ2n) is 7.74. The van der Waals surface area contributed by atoms with Crippen molar-refractivity contribution in [2.45, 2.75) is 68.5 Å². The van der Waals surface area contributed by atoms with Crippen LogP contribution in [0.25, 0.3) is 0 Å². The molecule has 0 unspecified atom stereocenters. The zero-order valence-corrected chi connectivity index (χ0v) is 17.8. The van der Waals surface area contributed by atoms with Gasteiger partial charge in [0.1, 0.15) is 12.2 Å². The molecular weight excluding hydrogens is 392 g/mol. The Morgan fingerprint density at radius 2 is 1.72 bits per heavy atom. The van der Waals surface area contributed by atoms with Gasteiger partial charge in [-0.05, 0) is 23.5 Å². The number of aliphatic hydroxyl groups is 4. The normalized spacial score (nSPS) is 27.4. The van der Waals surface area contributed by atoms with Crippen LogP contribution in [0.2, 0.25) is 0 Å². The van der Waals surface area contributed by atoms with Gasteiger partial charge >= 0.3 is 0 Å². The largest absolute Gasteiger partial charge is 0.459 e. The highest BCUT2D eigenvalue weighted by Gasteiger charge is 2.44. The fraction of sp³-hybridized carbons (Fsp3) is 0.571. The Morgan fingerprint density at radius 1 is 1.07 bits per heavy atom. The van der Waals surface area contributed by atoms with E-state index >= 15 is 0 Å². The number of hydrogen-bond donors (Lipinski definition) is 5. The maximum Gasteiger partial charge on any atom is 0.237 e. The van der Waals surface area contributed by atoms with Crippen molar-refractivity contribution < 1.29 is 25.2 Å². The summed E-state index contributed by atoms with van der Waals surface area (Å²) < 4.78 is 5.99. The van der Waals surface area contributed by atoms with Crippen molar-refractivity contribution in [2.24, 2.45) is 0 Å². The molecule has 160 valence electrons. The summed E-state index contributed by atoms with van der Waals surface area (Å²) in [5, 5.41) is 46.6. The van der Waals surface area contributed by atoms with E-state index in [1.54, 1.807) is 0 Å². The number of hydrogen-bond acceptors (Lipinski definition) is 7. The Labute approximate surface area is 175 Å². The molecule has 2 heterocycles. The first-order chi connectivity index (χ1) is 13.8. The number of ether oxygens (including phenoxy) is 1. The predicted octanol–water partition coefficient (Wildman–Crippen LogP) is 1.58. The van der Waals surface area contributed by atoms with Crippen molar-refractivity contribution in [2.75, 3.05) is 6.61 Å². The van der Waals surface area contributed by atoms with Gasteiger partial charge in [0, 0.05) is 17.7 Å². The minimum atomic E-state index is -1.40. The second-order valence-corrected chi connectivity index (χ2v) is 9.08. The third-order valence-corrected chi connectivity index (χ3v) is 6.75. The van der Waals surface area contributed by atoms with Crippen LogP contribution in [0.4, 0.5) is 0 Å². The summed E-state index contributed by atoms with van der Waals surface area (Å²) in [5.74, 6) is 0.566. The van der Waals surface area contributed by atoms with Crippen molar-refractivity contribution in [3.8, 4) is 5.88 Å². The van der Waals surface area contributed by atoms with E-state index in [0.29, 0.717) is 12.3 Å². The molecule has 0 spiro atoms. The number of aryl methyl sites for hydroxylation is 1. The van der Waals surface area contributed by atoms with Crippen molar-refractivity contribution in [1.29, 1.82) is 0 Å². The lowest BCUT2D eigenvalue weighted by atomic mass is 9.98. The monoisotopic (exact) mass is 422 g/mol. The lowest BCUT2D eigenvalue weighted by Gasteiger charge is -2.38. The highest BCUT2D eigenvalue weighted by molar-refractivity contribution is 8.00. The van der Waals surface area contributed by atoms with Crippen LogP contribution >= 0.6 is 11.8 Å². The molecular formula is C21H30N2O5S. The zero-order valence-electron chi connectivity index (χ0n) is 16.9. The number of aliphatic hydroxyl groups excluding tert-OH is 4. The fourth-order valence-electron chi connectivity index (χ4n) is 3.48. The van der Waals surface area contributed by atoms with Crippen LogP contribution in [0.3, 0.4) is 0 Å². The number of benzene rings is 1. The molecule has 29 heavy (non-hydrogen) atoms. The standard InChI is InChI=1S/C21H30N2O5S/c1-4-12-5-7-13(8-6-12)9-14-16(11(2)3)22-23-20(14)28-21-19(27)18(26)17(25)15(10-24)29-21/h5-8,11,15,17-19,21,24-27H,4,9-10H2,1-3H3,(H,22,23)/t15-,17-,18+,19-,21-/m1/s1. The zero-order chi connectivity index (χ0) is 21.1. The van der Waals surface area contributed by atoms with Crippen LogP contribution in [0.15, 0.2) is 24.3 Å². The van der Waals surface area contributed by atoms with Gasteiger partial charge in [0.15, 0.2) is 5.44 Å². The molecule has 0 radical (unpaired) electrons. The highest BCUT2D eigenvalue weighted by atomic mass is 32.2. The predicted molar refractivity (Wildman–Crippen MR) is 112 cm³/mol. The van der Waals surface area contributed by atoms with E-state index in [9.17, 15) is 20.4 Å². The lowest BCUT2D eigenvalue weighted by molar-refractivity contribution is -0.0915. The molecule has 8 heteroatoms. The molecule has 5 atom stereocenters. The molecule has 7 nitrogen and oxygen atoms in total. The fourth-order valence-corrected chi connectivity index (χ4v) is 4.70. The van der Waals surface area contributed by atoms with E-state index in [0.717, 1.165) is 35.0 Å². The highest BCUT2D eigenvalue weighted by Crippen LogP contribution is 2.36. The van der Waals surface area contributed by atoms with Gasteiger partial charge in [-0.1, -0.05) is 45.0 Å². The molecule has 1 fully saturated rings. The van der Waals surface area contributed by atoms with Crippen molar-refractivity contribution >= 4 is 11.8 Å². The molecule has 1 aliphatic rings. The summed E-state index contributed by atoms with van der Waals surface area (Å²) in [6.45, 7) is 5.91. The quantitative estimate of drug-likeness (QED) is 0.460. The summed E-state index contributed by atoms with van der Waals surface area (Å²) in [4.78, 5) is 0. The first-order valence-corrected chi connectivity index (χ1v) is 10.9. The van der Waals surface area contributed by atoms with E-state index in [-0.39, 0.29) is 12.5 Å². The first-order valence-electron chi connectivity index (χ1n) is 9.97. The number of aromatic nitrogens is 2. The van der Waals surface area contributed by atoms with Crippen LogP contribution in [0.1, 0.15) is 49.1 Å². The number of nitrogens with one attached hydrogen (secondary N) is 1. The van der Waals surface area contributed by atoms with E-state index in [4.69, 9.17) is 4.74 Å². The van der Waals surface area contributed by atoms with Crippen LogP contribution in [0, 0.1) is 0 Å². The van der Waals surface area contributed by atoms with Crippen LogP contribution in [0.5, 0.6) is 5.88 Å². The van der Waals surface area contributed by atoms with Gasteiger partial charge in [0.2, 0.25) is 5.88 Å². The van der Waals surface area contributed by atoms with Gasteiger partial charge in [-0.15, -0.1) is 16.9 Å². The number of thioether (sulfide) groups is 1. The van der Waals surface area contributed by atoms with Gasteiger partial charge in [0.05, 0.1) is 18.0 Å². The average molecular weight is 423 g/mol. The second kappa shape index (κ2) is 9.49. The van der Waals surface area contributed by atoms with E-state index in [1.165, 1.54) is 5.56 Å². The van der Waals surface area contributed by atoms with Crippen LogP contribution < -0.4 is 4.74 Å². The minimum Gasteiger partial charge on any atom is -0.459 e. The molecule has 0 amide bonds. The Balaban J connectivity index is 1.85. The molecule has 2 aromatic rings. The molecule has 1 aromatic carbocycles. The number of H-pyrrole nitrogens is 1. The Morgan fingerprint density at radius 3 is 2.31 bits per heavy atom. The topological polar surface area (TPSA) is 119 Å². The number of nitrogens with zero attached hydrogens (tertiary/aromatic N) is 1. The van der Waals surface area contributed by atoms with Crippen LogP contribution in [-0.2, 0) is 12.8 Å². The van der Waals surface area contributed by atoms with Crippen molar-refractivity contribution in [3.63, 3.8) is 0 Å². The summed E-state index contributed by atoms with van der Waals surface area (Å²) in [5.41, 5.74) is 3.39. The summed E-state index contributed by atoms with van der Waals surface area (Å²) in [6, 6.07) is 8.39. The van der Waals surface area contributed by atoms with E-state index < -0.39 is 29.0 Å². The maximum absolute atomic E-state index is 10.4. The number of aromatic amines is 1. The summed E-state index contributed by atoms with van der Waals surface area (Å²) in [6.07, 6.45) is -2.32.